The van der Waals surface area contributed by atoms with Gasteiger partial charge in [-0.3, -0.25) is 0 Å². The topological polar surface area (TPSA) is 62.4 Å². The second kappa shape index (κ2) is 4.70. The fourth-order valence-corrected chi connectivity index (χ4v) is 2.27. The molecule has 2 heterocycles. The van der Waals surface area contributed by atoms with E-state index >= 15 is 0 Å². The van der Waals surface area contributed by atoms with Crippen molar-refractivity contribution < 1.29 is 5.11 Å². The van der Waals surface area contributed by atoms with E-state index in [-0.39, 0.29) is 6.10 Å². The van der Waals surface area contributed by atoms with E-state index < -0.39 is 0 Å². The number of anilines is 2. The van der Waals surface area contributed by atoms with Gasteiger partial charge in [0.25, 0.3) is 0 Å². The van der Waals surface area contributed by atoms with Gasteiger partial charge in [0.1, 0.15) is 5.82 Å². The Morgan fingerprint density at radius 1 is 1.50 bits per heavy atom. The Hall–Kier alpha value is -1.29. The summed E-state index contributed by atoms with van der Waals surface area (Å²) < 4.78 is 0. The molecule has 1 aliphatic heterocycles. The number of nitrogen functional groups attached to an aromatic ring is 1. The van der Waals surface area contributed by atoms with Gasteiger partial charge in [0.05, 0.1) is 6.10 Å². The second-order valence-electron chi connectivity index (χ2n) is 4.50. The lowest BCUT2D eigenvalue weighted by molar-refractivity contribution is 0.110. The highest BCUT2D eigenvalue weighted by Gasteiger charge is 2.22. The van der Waals surface area contributed by atoms with Crippen LogP contribution in [0, 0.1) is 5.92 Å². The van der Waals surface area contributed by atoms with Crippen molar-refractivity contribution in [1.82, 2.24) is 4.98 Å². The molecule has 0 aromatic carbocycles. The van der Waals surface area contributed by atoms with Crippen molar-refractivity contribution in [2.75, 3.05) is 23.7 Å². The van der Waals surface area contributed by atoms with Crippen molar-refractivity contribution >= 4 is 11.5 Å². The molecule has 16 heavy (non-hydrogen) atoms. The molecule has 1 aromatic rings. The van der Waals surface area contributed by atoms with E-state index in [1.807, 2.05) is 19.1 Å². The first-order valence-electron chi connectivity index (χ1n) is 5.81. The number of aliphatic hydroxyl groups excluding tert-OH is 1. The predicted octanol–water partition coefficient (Wildman–Crippen LogP) is 1.26. The van der Waals surface area contributed by atoms with Gasteiger partial charge in [0, 0.05) is 31.0 Å². The third kappa shape index (κ3) is 2.44. The van der Waals surface area contributed by atoms with Crippen LogP contribution in [0.4, 0.5) is 11.5 Å². The summed E-state index contributed by atoms with van der Waals surface area (Å²) in [6.45, 7) is 3.85. The maximum absolute atomic E-state index is 9.53. The molecule has 1 atom stereocenters. The third-order valence-corrected chi connectivity index (χ3v) is 3.35. The van der Waals surface area contributed by atoms with Crippen LogP contribution in [0.2, 0.25) is 0 Å². The Balaban J connectivity index is 1.99. The van der Waals surface area contributed by atoms with Crippen LogP contribution in [0.1, 0.15) is 19.8 Å². The molecule has 1 unspecified atom stereocenters. The van der Waals surface area contributed by atoms with Gasteiger partial charge in [0.2, 0.25) is 0 Å². The number of piperidine rings is 1. The Bertz CT molecular complexity index is 346. The van der Waals surface area contributed by atoms with Crippen molar-refractivity contribution in [2.45, 2.75) is 25.9 Å². The van der Waals surface area contributed by atoms with E-state index in [4.69, 9.17) is 5.73 Å². The van der Waals surface area contributed by atoms with Gasteiger partial charge in [-0.1, -0.05) is 0 Å². The highest BCUT2D eigenvalue weighted by atomic mass is 16.3. The number of hydrogen-bond donors (Lipinski definition) is 2. The molecule has 4 nitrogen and oxygen atoms in total. The molecule has 0 saturated carbocycles. The lowest BCUT2D eigenvalue weighted by atomic mass is 9.92. The third-order valence-electron chi connectivity index (χ3n) is 3.35. The SMILES string of the molecule is CC(O)C1CCN(c2ccnc(N)c2)CC1. The van der Waals surface area contributed by atoms with Crippen molar-refractivity contribution in [1.29, 1.82) is 0 Å². The summed E-state index contributed by atoms with van der Waals surface area (Å²) in [7, 11) is 0. The molecule has 0 radical (unpaired) electrons. The van der Waals surface area contributed by atoms with Crippen molar-refractivity contribution in [3.63, 3.8) is 0 Å². The minimum Gasteiger partial charge on any atom is -0.393 e. The zero-order valence-electron chi connectivity index (χ0n) is 9.63. The van der Waals surface area contributed by atoms with Crippen molar-refractivity contribution in [3.8, 4) is 0 Å². The zero-order chi connectivity index (χ0) is 11.5. The normalized spacial score (nSPS) is 19.8. The Morgan fingerprint density at radius 3 is 2.75 bits per heavy atom. The van der Waals surface area contributed by atoms with E-state index in [1.54, 1.807) is 6.20 Å². The molecule has 0 aliphatic carbocycles. The molecule has 2 rings (SSSR count). The largest absolute Gasteiger partial charge is 0.393 e. The maximum Gasteiger partial charge on any atom is 0.125 e. The highest BCUT2D eigenvalue weighted by molar-refractivity contribution is 5.52. The van der Waals surface area contributed by atoms with Crippen LogP contribution < -0.4 is 10.6 Å². The first kappa shape index (κ1) is 11.2. The van der Waals surface area contributed by atoms with Crippen LogP contribution >= 0.6 is 0 Å². The summed E-state index contributed by atoms with van der Waals surface area (Å²) in [5, 5.41) is 9.53. The van der Waals surface area contributed by atoms with Crippen LogP contribution in [0.15, 0.2) is 18.3 Å². The molecule has 1 aromatic heterocycles. The number of rotatable bonds is 2. The van der Waals surface area contributed by atoms with Crippen LogP contribution in [0.25, 0.3) is 0 Å². The van der Waals surface area contributed by atoms with Gasteiger partial charge in [-0.15, -0.1) is 0 Å². The molecule has 4 heteroatoms. The predicted molar refractivity (Wildman–Crippen MR) is 65.3 cm³/mol. The summed E-state index contributed by atoms with van der Waals surface area (Å²) >= 11 is 0. The fourth-order valence-electron chi connectivity index (χ4n) is 2.27. The number of hydrogen-bond acceptors (Lipinski definition) is 4. The molecule has 1 aliphatic rings. The molecule has 1 fully saturated rings. The fraction of sp³-hybridized carbons (Fsp3) is 0.583. The van der Waals surface area contributed by atoms with Gasteiger partial charge >= 0.3 is 0 Å². The Kier molecular flexibility index (Phi) is 3.29. The number of nitrogens with two attached hydrogens (primary N) is 1. The summed E-state index contributed by atoms with van der Waals surface area (Å²) in [5.41, 5.74) is 6.80. The first-order valence-corrected chi connectivity index (χ1v) is 5.81. The number of aromatic nitrogens is 1. The van der Waals surface area contributed by atoms with Crippen LogP contribution in [0.5, 0.6) is 0 Å². The van der Waals surface area contributed by atoms with Crippen LogP contribution in [-0.4, -0.2) is 29.3 Å². The summed E-state index contributed by atoms with van der Waals surface area (Å²) in [5.74, 6) is 1.01. The molecule has 0 bridgehead atoms. The van der Waals surface area contributed by atoms with Crippen molar-refractivity contribution in [3.05, 3.63) is 18.3 Å². The van der Waals surface area contributed by atoms with E-state index in [2.05, 4.69) is 9.88 Å². The average molecular weight is 221 g/mol. The summed E-state index contributed by atoms with van der Waals surface area (Å²) in [4.78, 5) is 6.29. The maximum atomic E-state index is 9.53. The lowest BCUT2D eigenvalue weighted by Gasteiger charge is -2.34. The Morgan fingerprint density at radius 2 is 2.19 bits per heavy atom. The van der Waals surface area contributed by atoms with Crippen LogP contribution in [-0.2, 0) is 0 Å². The molecule has 0 spiro atoms. The molecule has 3 N–H and O–H groups in total. The quantitative estimate of drug-likeness (QED) is 0.789. The van der Waals surface area contributed by atoms with E-state index in [0.717, 1.165) is 31.6 Å². The molecule has 1 saturated heterocycles. The number of nitrogens with zero attached hydrogens (tertiary/aromatic N) is 2. The van der Waals surface area contributed by atoms with Gasteiger partial charge in [-0.25, -0.2) is 4.98 Å². The van der Waals surface area contributed by atoms with E-state index in [1.165, 1.54) is 0 Å². The van der Waals surface area contributed by atoms with Gasteiger partial charge in [-0.05, 0) is 31.7 Å². The van der Waals surface area contributed by atoms with Crippen molar-refractivity contribution in [2.24, 2.45) is 5.92 Å². The van der Waals surface area contributed by atoms with E-state index in [9.17, 15) is 5.11 Å². The number of aliphatic hydroxyl groups is 1. The van der Waals surface area contributed by atoms with Gasteiger partial charge in [0.15, 0.2) is 0 Å². The smallest absolute Gasteiger partial charge is 0.125 e. The highest BCUT2D eigenvalue weighted by Crippen LogP contribution is 2.25. The lowest BCUT2D eigenvalue weighted by Crippen LogP contribution is -2.37. The minimum absolute atomic E-state index is 0.190. The first-order chi connectivity index (χ1) is 7.66. The minimum atomic E-state index is -0.190. The van der Waals surface area contributed by atoms with Gasteiger partial charge < -0.3 is 15.7 Å². The average Bonchev–Trinajstić information content (AvgIpc) is 2.29. The second-order valence-corrected chi connectivity index (χ2v) is 4.50. The standard InChI is InChI=1S/C12H19N3O/c1-9(16)10-3-6-15(7-4-10)11-2-5-14-12(13)8-11/h2,5,8-10,16H,3-4,6-7H2,1H3,(H2,13,14). The summed E-state index contributed by atoms with van der Waals surface area (Å²) in [6, 6.07) is 3.89. The van der Waals surface area contributed by atoms with Gasteiger partial charge in [-0.2, -0.15) is 0 Å². The Labute approximate surface area is 96.1 Å². The molecule has 88 valence electrons. The van der Waals surface area contributed by atoms with Crippen LogP contribution in [0.3, 0.4) is 0 Å². The van der Waals surface area contributed by atoms with E-state index in [0.29, 0.717) is 11.7 Å². The molecular weight excluding hydrogens is 202 g/mol. The summed E-state index contributed by atoms with van der Waals surface area (Å²) in [6.07, 6.45) is 3.63. The monoisotopic (exact) mass is 221 g/mol. The molecule has 0 amide bonds. The zero-order valence-corrected chi connectivity index (χ0v) is 9.63. The molecular formula is C12H19N3O. The number of pyridine rings is 1.